The summed E-state index contributed by atoms with van der Waals surface area (Å²) in [7, 11) is -2.16. The third kappa shape index (κ3) is 4.07. The molecule has 3 heterocycles. The van der Waals surface area contributed by atoms with Crippen molar-refractivity contribution in [3.63, 3.8) is 0 Å². The van der Waals surface area contributed by atoms with Gasteiger partial charge in [-0.25, -0.2) is 23.4 Å². The van der Waals surface area contributed by atoms with E-state index in [4.69, 9.17) is 16.6 Å². The number of halogens is 3. The molecule has 4 aromatic rings. The number of aromatic nitrogens is 6. The van der Waals surface area contributed by atoms with E-state index in [0.717, 1.165) is 29.8 Å². The van der Waals surface area contributed by atoms with Gasteiger partial charge in [0.05, 0.1) is 28.1 Å². The topological polar surface area (TPSA) is 86.5 Å². The van der Waals surface area contributed by atoms with E-state index in [1.165, 1.54) is 18.2 Å². The maximum atomic E-state index is 14.6. The molecule has 0 N–H and O–H groups in total. The van der Waals surface area contributed by atoms with Gasteiger partial charge < -0.3 is 0 Å². The van der Waals surface area contributed by atoms with E-state index >= 15 is 0 Å². The van der Waals surface area contributed by atoms with Crippen LogP contribution in [0.25, 0.3) is 17.1 Å². The standard InChI is InChI=1S/C28H27ClF2N6OS/c1-27(2)18-8-10-28(27,26-17(18)14-21(34-35-26)25-19(30)6-5-7-20(25)31)22-12-16(29)13-24(33-22)37-15-32-23(36-37)9-11-39(3,4)38/h5-7,12-15,18H,3,8-11H2,1-2,4H3/t18-,28-,39?/m0/s1. The minimum Gasteiger partial charge on any atom is -0.268 e. The van der Waals surface area contributed by atoms with Crippen molar-refractivity contribution in [1.29, 1.82) is 0 Å². The summed E-state index contributed by atoms with van der Waals surface area (Å²) in [6.45, 7) is 4.35. The molecule has 3 aromatic heterocycles. The zero-order valence-electron chi connectivity index (χ0n) is 21.8. The van der Waals surface area contributed by atoms with Crippen LogP contribution in [0.5, 0.6) is 0 Å². The Morgan fingerprint density at radius 1 is 1.18 bits per heavy atom. The zero-order chi connectivity index (χ0) is 27.7. The molecule has 2 aliphatic rings. The quantitative estimate of drug-likeness (QED) is 0.299. The lowest BCUT2D eigenvalue weighted by atomic mass is 9.66. The Hall–Kier alpha value is -3.24. The highest BCUT2D eigenvalue weighted by molar-refractivity contribution is 7.99. The Bertz CT molecular complexity index is 1720. The molecule has 2 aliphatic carbocycles. The minimum absolute atomic E-state index is 0.102. The normalized spacial score (nSPS) is 22.6. The molecule has 6 rings (SSSR count). The summed E-state index contributed by atoms with van der Waals surface area (Å²) < 4.78 is 42.7. The van der Waals surface area contributed by atoms with Crippen LogP contribution < -0.4 is 0 Å². The first kappa shape index (κ1) is 26.0. The number of benzene rings is 1. The zero-order valence-corrected chi connectivity index (χ0v) is 23.4. The van der Waals surface area contributed by atoms with Crippen molar-refractivity contribution in [2.75, 3.05) is 12.0 Å². The van der Waals surface area contributed by atoms with Crippen LogP contribution in [0.1, 0.15) is 55.4 Å². The second kappa shape index (κ2) is 8.89. The number of nitrogens with zero attached hydrogens (tertiary/aromatic N) is 6. The summed E-state index contributed by atoms with van der Waals surface area (Å²) in [5, 5.41) is 13.9. The van der Waals surface area contributed by atoms with E-state index in [-0.39, 0.29) is 22.6 Å². The van der Waals surface area contributed by atoms with Gasteiger partial charge >= 0.3 is 0 Å². The maximum absolute atomic E-state index is 14.6. The fourth-order valence-electron chi connectivity index (χ4n) is 6.41. The molecule has 0 aliphatic heterocycles. The highest BCUT2D eigenvalue weighted by Gasteiger charge is 2.65. The first-order valence-electron chi connectivity index (χ1n) is 12.6. The van der Waals surface area contributed by atoms with Gasteiger partial charge in [-0.15, -0.1) is 10.2 Å². The largest absolute Gasteiger partial charge is 0.268 e. The van der Waals surface area contributed by atoms with Gasteiger partial charge in [-0.05, 0) is 69.4 Å². The molecule has 2 bridgehead atoms. The highest BCUT2D eigenvalue weighted by atomic mass is 35.5. The molecule has 1 fully saturated rings. The predicted molar refractivity (Wildman–Crippen MR) is 148 cm³/mol. The molecule has 0 spiro atoms. The Morgan fingerprint density at radius 2 is 1.92 bits per heavy atom. The molecule has 7 nitrogen and oxygen atoms in total. The molecular formula is C28H27ClF2N6OS. The number of pyridine rings is 1. The van der Waals surface area contributed by atoms with Crippen molar-refractivity contribution >= 4 is 27.0 Å². The summed E-state index contributed by atoms with van der Waals surface area (Å²) in [4.78, 5) is 9.35. The number of rotatable bonds is 6. The van der Waals surface area contributed by atoms with Crippen molar-refractivity contribution in [3.05, 3.63) is 82.2 Å². The molecule has 39 heavy (non-hydrogen) atoms. The first-order valence-corrected chi connectivity index (χ1v) is 15.3. The second-order valence-electron chi connectivity index (χ2n) is 11.1. The van der Waals surface area contributed by atoms with Crippen LogP contribution in [0.4, 0.5) is 8.78 Å². The van der Waals surface area contributed by atoms with Crippen LogP contribution in [-0.2, 0) is 21.4 Å². The van der Waals surface area contributed by atoms with E-state index in [9.17, 15) is 13.0 Å². The van der Waals surface area contributed by atoms with Gasteiger partial charge in [0.15, 0.2) is 11.6 Å². The second-order valence-corrected chi connectivity index (χ2v) is 14.3. The number of hydrogen-bond donors (Lipinski definition) is 0. The average molecular weight is 569 g/mol. The number of aryl methyl sites for hydroxylation is 1. The smallest absolute Gasteiger partial charge is 0.156 e. The van der Waals surface area contributed by atoms with Gasteiger partial charge in [0.1, 0.15) is 18.0 Å². The van der Waals surface area contributed by atoms with Crippen LogP contribution >= 0.6 is 11.6 Å². The Morgan fingerprint density at radius 3 is 2.64 bits per heavy atom. The van der Waals surface area contributed by atoms with Crippen LogP contribution in [0.2, 0.25) is 5.02 Å². The maximum Gasteiger partial charge on any atom is 0.156 e. The molecular weight excluding hydrogens is 542 g/mol. The third-order valence-electron chi connectivity index (χ3n) is 8.35. The van der Waals surface area contributed by atoms with Gasteiger partial charge in [0, 0.05) is 29.5 Å². The lowest BCUT2D eigenvalue weighted by molar-refractivity contribution is 0.242. The minimum atomic E-state index is -2.16. The summed E-state index contributed by atoms with van der Waals surface area (Å²) in [6, 6.07) is 9.12. The van der Waals surface area contributed by atoms with Crippen molar-refractivity contribution in [2.45, 2.75) is 44.4 Å². The molecule has 0 saturated heterocycles. The van der Waals surface area contributed by atoms with E-state index in [1.807, 2.05) is 6.07 Å². The van der Waals surface area contributed by atoms with E-state index in [1.54, 1.807) is 29.4 Å². The lowest BCUT2D eigenvalue weighted by Crippen LogP contribution is -2.38. The van der Waals surface area contributed by atoms with Crippen LogP contribution in [0.15, 0.2) is 42.7 Å². The lowest BCUT2D eigenvalue weighted by Gasteiger charge is -2.37. The molecule has 11 heteroatoms. The molecule has 3 atom stereocenters. The first-order chi connectivity index (χ1) is 18.4. The van der Waals surface area contributed by atoms with Crippen molar-refractivity contribution in [2.24, 2.45) is 5.41 Å². The highest BCUT2D eigenvalue weighted by Crippen LogP contribution is 2.69. The van der Waals surface area contributed by atoms with Crippen molar-refractivity contribution < 1.29 is 13.0 Å². The van der Waals surface area contributed by atoms with Gasteiger partial charge in [-0.3, -0.25) is 4.21 Å². The molecule has 0 radical (unpaired) electrons. The Balaban J connectivity index is 1.44. The predicted octanol–water partition coefficient (Wildman–Crippen LogP) is 5.14. The molecule has 202 valence electrons. The molecule has 1 saturated carbocycles. The van der Waals surface area contributed by atoms with Crippen LogP contribution in [0.3, 0.4) is 0 Å². The molecule has 0 amide bonds. The fraction of sp³-hybridized carbons (Fsp3) is 0.357. The van der Waals surface area contributed by atoms with Gasteiger partial charge in [0.25, 0.3) is 0 Å². The Kier molecular flexibility index (Phi) is 5.93. The summed E-state index contributed by atoms with van der Waals surface area (Å²) >= 11 is 6.63. The van der Waals surface area contributed by atoms with Crippen molar-refractivity contribution in [1.82, 2.24) is 29.9 Å². The van der Waals surface area contributed by atoms with E-state index < -0.39 is 26.6 Å². The van der Waals surface area contributed by atoms with Crippen LogP contribution in [-0.4, -0.2) is 52.0 Å². The number of hydrogen-bond acceptors (Lipinski definition) is 6. The summed E-state index contributed by atoms with van der Waals surface area (Å²) in [6.07, 6.45) is 5.26. The van der Waals surface area contributed by atoms with Gasteiger partial charge in [0.2, 0.25) is 0 Å². The van der Waals surface area contributed by atoms with Crippen molar-refractivity contribution in [3.8, 4) is 17.1 Å². The SMILES string of the molecule is C=S(C)(=O)CCc1ncn(-c2cc(Cl)cc([C@@]34CC[C@@H](c5cc(-c6c(F)cccc6F)nnc53)C4(C)C)n2)n1. The average Bonchev–Trinajstić information content (AvgIpc) is 3.50. The van der Waals surface area contributed by atoms with Crippen LogP contribution in [0, 0.1) is 17.0 Å². The summed E-state index contributed by atoms with van der Waals surface area (Å²) in [5.41, 5.74) is 1.52. The third-order valence-corrected chi connectivity index (χ3v) is 9.63. The van der Waals surface area contributed by atoms with E-state index in [0.29, 0.717) is 28.8 Å². The fourth-order valence-corrected chi connectivity index (χ4v) is 7.22. The summed E-state index contributed by atoms with van der Waals surface area (Å²) in [5.74, 6) is 3.87. The monoisotopic (exact) mass is 568 g/mol. The van der Waals surface area contributed by atoms with Gasteiger partial charge in [-0.1, -0.05) is 31.5 Å². The van der Waals surface area contributed by atoms with Gasteiger partial charge in [-0.2, -0.15) is 5.10 Å². The van der Waals surface area contributed by atoms with E-state index in [2.05, 4.69) is 40.0 Å². The Labute approximate surface area is 230 Å². The molecule has 1 aromatic carbocycles. The molecule has 1 unspecified atom stereocenters. The number of fused-ring (bicyclic) bond motifs is 5.